The lowest BCUT2D eigenvalue weighted by Crippen LogP contribution is -2.22. The summed E-state index contributed by atoms with van der Waals surface area (Å²) in [5.41, 5.74) is 1.97. The summed E-state index contributed by atoms with van der Waals surface area (Å²) in [6.07, 6.45) is 1.47. The quantitative estimate of drug-likeness (QED) is 0.716. The molecule has 0 saturated carbocycles. The van der Waals surface area contributed by atoms with Crippen LogP contribution in [-0.4, -0.2) is 18.5 Å². The highest BCUT2D eigenvalue weighted by Gasteiger charge is 2.15. The smallest absolute Gasteiger partial charge is 0.191 e. The fourth-order valence-electron chi connectivity index (χ4n) is 2.01. The summed E-state index contributed by atoms with van der Waals surface area (Å²) in [5, 5.41) is 2.05. The molecule has 0 fully saturated rings. The Kier molecular flexibility index (Phi) is 5.50. The highest BCUT2D eigenvalue weighted by atomic mass is 32.1. The zero-order chi connectivity index (χ0) is 14.4. The molecule has 1 aromatic carbocycles. The third-order valence-electron chi connectivity index (χ3n) is 3.31. The van der Waals surface area contributed by atoms with Gasteiger partial charge in [0.2, 0.25) is 0 Å². The molecule has 2 rings (SSSR count). The van der Waals surface area contributed by atoms with Crippen molar-refractivity contribution in [2.75, 3.05) is 6.61 Å². The molecular weight excluding hydrogens is 268 g/mol. The second-order valence-electron chi connectivity index (χ2n) is 4.76. The Bertz CT molecular complexity index is 529. The predicted octanol–water partition coefficient (Wildman–Crippen LogP) is 4.14. The monoisotopic (exact) mass is 288 g/mol. The number of ketones is 1. The number of ether oxygens (including phenoxy) is 1. The van der Waals surface area contributed by atoms with Crippen LogP contribution in [0.1, 0.15) is 34.6 Å². The second kappa shape index (κ2) is 7.36. The molecule has 0 aliphatic rings. The third-order valence-corrected chi connectivity index (χ3v) is 4.25. The molecule has 1 unspecified atom stereocenters. The maximum absolute atomic E-state index is 12.2. The Morgan fingerprint density at radius 2 is 2.00 bits per heavy atom. The first-order chi connectivity index (χ1) is 9.70. The molecule has 0 aliphatic heterocycles. The molecule has 0 aliphatic carbocycles. The van der Waals surface area contributed by atoms with E-state index < -0.39 is 0 Å². The van der Waals surface area contributed by atoms with E-state index >= 15 is 0 Å². The van der Waals surface area contributed by atoms with Crippen molar-refractivity contribution < 1.29 is 9.53 Å². The fourth-order valence-corrected chi connectivity index (χ4v) is 2.70. The molecule has 106 valence electrons. The van der Waals surface area contributed by atoms with Crippen molar-refractivity contribution in [3.05, 3.63) is 57.8 Å². The lowest BCUT2D eigenvalue weighted by molar-refractivity contribution is 0.0488. The second-order valence-corrected chi connectivity index (χ2v) is 5.79. The standard InChI is InChI=1S/C17H20O2S/c1-3-14-6-8-15(9-7-14)17(18)13(2)19-11-10-16-5-4-12-20-16/h4-9,12-13H,3,10-11H2,1-2H3. The lowest BCUT2D eigenvalue weighted by atomic mass is 10.0. The van der Waals surface area contributed by atoms with Crippen LogP contribution >= 0.6 is 11.3 Å². The Hall–Kier alpha value is -1.45. The number of carbonyl (C=O) groups excluding carboxylic acids is 1. The minimum absolute atomic E-state index is 0.0545. The summed E-state index contributed by atoms with van der Waals surface area (Å²) < 4.78 is 5.65. The zero-order valence-electron chi connectivity index (χ0n) is 12.0. The highest BCUT2D eigenvalue weighted by Crippen LogP contribution is 2.12. The Balaban J connectivity index is 1.84. The summed E-state index contributed by atoms with van der Waals surface area (Å²) in [6, 6.07) is 11.9. The normalized spacial score (nSPS) is 12.3. The van der Waals surface area contributed by atoms with Gasteiger partial charge in [0.15, 0.2) is 5.78 Å². The van der Waals surface area contributed by atoms with Gasteiger partial charge in [-0.15, -0.1) is 11.3 Å². The zero-order valence-corrected chi connectivity index (χ0v) is 12.8. The summed E-state index contributed by atoms with van der Waals surface area (Å²) in [7, 11) is 0. The highest BCUT2D eigenvalue weighted by molar-refractivity contribution is 7.09. The van der Waals surface area contributed by atoms with Crippen LogP contribution in [0.3, 0.4) is 0 Å². The summed E-state index contributed by atoms with van der Waals surface area (Å²) >= 11 is 1.72. The van der Waals surface area contributed by atoms with Gasteiger partial charge in [-0.2, -0.15) is 0 Å². The van der Waals surface area contributed by atoms with E-state index in [1.54, 1.807) is 11.3 Å². The number of hydrogen-bond acceptors (Lipinski definition) is 3. The van der Waals surface area contributed by atoms with Crippen LogP contribution in [0.15, 0.2) is 41.8 Å². The lowest BCUT2D eigenvalue weighted by Gasteiger charge is -2.12. The minimum atomic E-state index is -0.387. The third kappa shape index (κ3) is 4.02. The maximum Gasteiger partial charge on any atom is 0.191 e. The van der Waals surface area contributed by atoms with Gasteiger partial charge >= 0.3 is 0 Å². The van der Waals surface area contributed by atoms with E-state index in [0.717, 1.165) is 18.4 Å². The van der Waals surface area contributed by atoms with Crippen LogP contribution in [0, 0.1) is 0 Å². The number of carbonyl (C=O) groups is 1. The van der Waals surface area contributed by atoms with Gasteiger partial charge < -0.3 is 4.74 Å². The van der Waals surface area contributed by atoms with Crippen LogP contribution in [-0.2, 0) is 17.6 Å². The number of aryl methyl sites for hydroxylation is 1. The number of benzene rings is 1. The largest absolute Gasteiger partial charge is 0.370 e. The van der Waals surface area contributed by atoms with Crippen molar-refractivity contribution in [2.45, 2.75) is 32.8 Å². The first-order valence-corrected chi connectivity index (χ1v) is 7.85. The molecule has 0 N–H and O–H groups in total. The molecule has 0 bridgehead atoms. The molecule has 0 saturated heterocycles. The molecule has 1 aromatic heterocycles. The average Bonchev–Trinajstić information content (AvgIpc) is 2.99. The molecule has 3 heteroatoms. The molecule has 1 atom stereocenters. The molecule has 0 radical (unpaired) electrons. The molecule has 20 heavy (non-hydrogen) atoms. The van der Waals surface area contributed by atoms with Crippen LogP contribution in [0.4, 0.5) is 0 Å². The van der Waals surface area contributed by atoms with E-state index in [2.05, 4.69) is 18.4 Å². The van der Waals surface area contributed by atoms with Crippen molar-refractivity contribution in [1.82, 2.24) is 0 Å². The first-order valence-electron chi connectivity index (χ1n) is 6.98. The summed E-state index contributed by atoms with van der Waals surface area (Å²) in [6.45, 7) is 4.51. The Morgan fingerprint density at radius 3 is 2.60 bits per heavy atom. The van der Waals surface area contributed by atoms with E-state index in [1.807, 2.05) is 37.3 Å². The molecule has 0 spiro atoms. The van der Waals surface area contributed by atoms with Gasteiger partial charge in [-0.1, -0.05) is 37.3 Å². The number of rotatable bonds is 7. The number of thiophene rings is 1. The van der Waals surface area contributed by atoms with Gasteiger partial charge in [-0.25, -0.2) is 0 Å². The van der Waals surface area contributed by atoms with Crippen LogP contribution in [0.5, 0.6) is 0 Å². The Morgan fingerprint density at radius 1 is 1.25 bits per heavy atom. The van der Waals surface area contributed by atoms with Crippen molar-refractivity contribution >= 4 is 17.1 Å². The number of Topliss-reactive ketones (excluding diaryl/α,β-unsaturated/α-hetero) is 1. The van der Waals surface area contributed by atoms with Crippen LogP contribution < -0.4 is 0 Å². The van der Waals surface area contributed by atoms with Crippen molar-refractivity contribution in [1.29, 1.82) is 0 Å². The van der Waals surface area contributed by atoms with Gasteiger partial charge in [0.1, 0.15) is 6.10 Å². The van der Waals surface area contributed by atoms with Gasteiger partial charge in [0, 0.05) is 16.9 Å². The van der Waals surface area contributed by atoms with E-state index in [0.29, 0.717) is 6.61 Å². The average molecular weight is 288 g/mol. The van der Waals surface area contributed by atoms with Crippen LogP contribution in [0.2, 0.25) is 0 Å². The minimum Gasteiger partial charge on any atom is -0.370 e. The summed E-state index contributed by atoms with van der Waals surface area (Å²) in [4.78, 5) is 13.5. The van der Waals surface area contributed by atoms with E-state index in [-0.39, 0.29) is 11.9 Å². The van der Waals surface area contributed by atoms with Crippen LogP contribution in [0.25, 0.3) is 0 Å². The molecule has 2 aromatic rings. The van der Waals surface area contributed by atoms with Crippen molar-refractivity contribution in [3.8, 4) is 0 Å². The van der Waals surface area contributed by atoms with Gasteiger partial charge in [-0.05, 0) is 30.4 Å². The van der Waals surface area contributed by atoms with E-state index in [4.69, 9.17) is 4.74 Å². The SMILES string of the molecule is CCc1ccc(C(=O)C(C)OCCc2cccs2)cc1. The van der Waals surface area contributed by atoms with Crippen molar-refractivity contribution in [3.63, 3.8) is 0 Å². The maximum atomic E-state index is 12.2. The fraction of sp³-hybridized carbons (Fsp3) is 0.353. The summed E-state index contributed by atoms with van der Waals surface area (Å²) in [5.74, 6) is 0.0545. The van der Waals surface area contributed by atoms with E-state index in [1.165, 1.54) is 10.4 Å². The molecule has 0 amide bonds. The van der Waals surface area contributed by atoms with Gasteiger partial charge in [0.05, 0.1) is 6.61 Å². The van der Waals surface area contributed by atoms with Crippen molar-refractivity contribution in [2.24, 2.45) is 0 Å². The van der Waals surface area contributed by atoms with Gasteiger partial charge in [-0.3, -0.25) is 4.79 Å². The Labute approximate surface area is 124 Å². The molecule has 2 nitrogen and oxygen atoms in total. The predicted molar refractivity (Wildman–Crippen MR) is 83.6 cm³/mol. The molecular formula is C17H20O2S. The number of hydrogen-bond donors (Lipinski definition) is 0. The topological polar surface area (TPSA) is 26.3 Å². The van der Waals surface area contributed by atoms with E-state index in [9.17, 15) is 4.79 Å². The molecule has 1 heterocycles. The first kappa shape index (κ1) is 14.9. The van der Waals surface area contributed by atoms with Gasteiger partial charge in [0.25, 0.3) is 0 Å².